The lowest BCUT2D eigenvalue weighted by atomic mass is 10.0. The second-order valence-corrected chi connectivity index (χ2v) is 2.41. The minimum Gasteiger partial charge on any atom is -0.381 e. The maximum Gasteiger partial charge on any atom is 0.0468 e. The second kappa shape index (κ2) is 3.08. The summed E-state index contributed by atoms with van der Waals surface area (Å²) in [5.41, 5.74) is 0. The Morgan fingerprint density at radius 3 is 3.00 bits per heavy atom. The van der Waals surface area contributed by atoms with Gasteiger partial charge in [0.25, 0.3) is 0 Å². The molecule has 1 aliphatic rings. The molecule has 0 saturated carbocycles. The van der Waals surface area contributed by atoms with Crippen molar-refractivity contribution in [1.82, 2.24) is 0 Å². The Kier molecular flexibility index (Phi) is 2.34. The normalized spacial score (nSPS) is 31.9. The fourth-order valence-corrected chi connectivity index (χ4v) is 0.970. The lowest BCUT2D eigenvalue weighted by Gasteiger charge is -2.01. The third kappa shape index (κ3) is 1.83. The molecule has 0 aromatic rings. The van der Waals surface area contributed by atoms with Crippen molar-refractivity contribution in [2.75, 3.05) is 13.2 Å². The van der Waals surface area contributed by atoms with Crippen LogP contribution in [0.1, 0.15) is 19.3 Å². The minimum atomic E-state index is 0.650. The molecule has 0 aliphatic carbocycles. The van der Waals surface area contributed by atoms with Crippen LogP contribution < -0.4 is 0 Å². The molecule has 1 fully saturated rings. The molecule has 1 aliphatic heterocycles. The van der Waals surface area contributed by atoms with Crippen molar-refractivity contribution < 1.29 is 4.74 Å². The van der Waals surface area contributed by atoms with E-state index in [1.165, 1.54) is 12.8 Å². The quantitative estimate of drug-likeness (QED) is 0.464. The molecule has 1 heterocycles. The third-order valence-corrected chi connectivity index (χ3v) is 1.57. The summed E-state index contributed by atoms with van der Waals surface area (Å²) >= 11 is 0. The van der Waals surface area contributed by atoms with Gasteiger partial charge < -0.3 is 4.74 Å². The molecule has 0 amide bonds. The average molecular weight is 113 g/mol. The summed E-state index contributed by atoms with van der Waals surface area (Å²) in [6.07, 6.45) is 3.61. The Morgan fingerprint density at radius 2 is 2.12 bits per heavy atom. The van der Waals surface area contributed by atoms with Crippen LogP contribution in [0.3, 0.4) is 0 Å². The molecule has 0 bridgehead atoms. The molecule has 8 heavy (non-hydrogen) atoms. The van der Waals surface area contributed by atoms with Gasteiger partial charge in [-0.3, -0.25) is 0 Å². The van der Waals surface area contributed by atoms with Crippen LogP contribution in [0.4, 0.5) is 0 Å². The summed E-state index contributed by atoms with van der Waals surface area (Å²) in [4.78, 5) is 0. The van der Waals surface area contributed by atoms with Crippen molar-refractivity contribution in [2.45, 2.75) is 19.3 Å². The predicted octanol–water partition coefficient (Wildman–Crippen LogP) is 1.64. The molecule has 0 aromatic heterocycles. The highest BCUT2D eigenvalue weighted by atomic mass is 16.5. The van der Waals surface area contributed by atoms with Crippen LogP contribution in [0.5, 0.6) is 0 Å². The predicted molar refractivity (Wildman–Crippen MR) is 33.5 cm³/mol. The maximum absolute atomic E-state index is 5.22. The Balaban J connectivity index is 2.17. The lowest BCUT2D eigenvalue weighted by molar-refractivity contribution is 0.143. The smallest absolute Gasteiger partial charge is 0.0468 e. The zero-order valence-corrected chi connectivity index (χ0v) is 5.23. The van der Waals surface area contributed by atoms with Gasteiger partial charge in [0, 0.05) is 13.2 Å². The topological polar surface area (TPSA) is 9.23 Å². The van der Waals surface area contributed by atoms with Crippen LogP contribution in [0.15, 0.2) is 0 Å². The SMILES string of the molecule is [CH2]C1CCCOCC1. The third-order valence-electron chi connectivity index (χ3n) is 1.57. The summed E-state index contributed by atoms with van der Waals surface area (Å²) < 4.78 is 5.22. The first-order valence-corrected chi connectivity index (χ1v) is 3.30. The van der Waals surface area contributed by atoms with E-state index in [2.05, 4.69) is 6.92 Å². The molecule has 0 N–H and O–H groups in total. The monoisotopic (exact) mass is 113 g/mol. The van der Waals surface area contributed by atoms with Gasteiger partial charge in [0.15, 0.2) is 0 Å². The van der Waals surface area contributed by atoms with Gasteiger partial charge in [-0.05, 0) is 25.2 Å². The van der Waals surface area contributed by atoms with Gasteiger partial charge in [0.2, 0.25) is 0 Å². The van der Waals surface area contributed by atoms with Gasteiger partial charge in [0.05, 0.1) is 0 Å². The van der Waals surface area contributed by atoms with Crippen LogP contribution in [0.2, 0.25) is 0 Å². The van der Waals surface area contributed by atoms with Crippen LogP contribution >= 0.6 is 0 Å². The molecule has 1 nitrogen and oxygen atoms in total. The van der Waals surface area contributed by atoms with E-state index in [0.29, 0.717) is 5.92 Å². The average Bonchev–Trinajstić information content (AvgIpc) is 1.94. The van der Waals surface area contributed by atoms with E-state index < -0.39 is 0 Å². The molecule has 0 spiro atoms. The highest BCUT2D eigenvalue weighted by Gasteiger charge is 2.05. The van der Waals surface area contributed by atoms with Crippen LogP contribution in [-0.4, -0.2) is 13.2 Å². The Labute approximate surface area is 51.0 Å². The van der Waals surface area contributed by atoms with E-state index in [9.17, 15) is 0 Å². The first kappa shape index (κ1) is 6.09. The molecule has 1 heteroatoms. The lowest BCUT2D eigenvalue weighted by Crippen LogP contribution is -1.94. The Hall–Kier alpha value is -0.0400. The van der Waals surface area contributed by atoms with Crippen molar-refractivity contribution >= 4 is 0 Å². The van der Waals surface area contributed by atoms with Crippen LogP contribution in [0.25, 0.3) is 0 Å². The van der Waals surface area contributed by atoms with Crippen molar-refractivity contribution in [1.29, 1.82) is 0 Å². The molecular weight excluding hydrogens is 100 g/mol. The zero-order valence-electron chi connectivity index (χ0n) is 5.23. The number of hydrogen-bond donors (Lipinski definition) is 0. The molecular formula is C7H13O. The van der Waals surface area contributed by atoms with Crippen molar-refractivity contribution in [2.24, 2.45) is 5.92 Å². The molecule has 1 rings (SSSR count). The van der Waals surface area contributed by atoms with Crippen molar-refractivity contribution in [3.63, 3.8) is 0 Å². The Morgan fingerprint density at radius 1 is 1.25 bits per heavy atom. The molecule has 47 valence electrons. The maximum atomic E-state index is 5.22. The van der Waals surface area contributed by atoms with E-state index in [1.54, 1.807) is 0 Å². The first-order chi connectivity index (χ1) is 3.89. The van der Waals surface area contributed by atoms with Gasteiger partial charge in [0.1, 0.15) is 0 Å². The van der Waals surface area contributed by atoms with E-state index in [1.807, 2.05) is 0 Å². The van der Waals surface area contributed by atoms with Crippen molar-refractivity contribution in [3.8, 4) is 0 Å². The molecule has 0 aromatic carbocycles. The van der Waals surface area contributed by atoms with Crippen LogP contribution in [-0.2, 0) is 4.74 Å². The van der Waals surface area contributed by atoms with E-state index in [-0.39, 0.29) is 0 Å². The van der Waals surface area contributed by atoms with Crippen molar-refractivity contribution in [3.05, 3.63) is 6.92 Å². The molecule has 1 atom stereocenters. The summed E-state index contributed by atoms with van der Waals surface area (Å²) in [7, 11) is 0. The summed E-state index contributed by atoms with van der Waals surface area (Å²) in [5.74, 6) is 0.650. The van der Waals surface area contributed by atoms with Gasteiger partial charge in [-0.2, -0.15) is 0 Å². The standard InChI is InChI=1S/C7H13O/c1-7-3-2-5-8-6-4-7/h7H,1-6H2. The van der Waals surface area contributed by atoms with Crippen LogP contribution in [0, 0.1) is 12.8 Å². The summed E-state index contributed by atoms with van der Waals surface area (Å²) in [6, 6.07) is 0. The molecule has 1 saturated heterocycles. The first-order valence-electron chi connectivity index (χ1n) is 3.30. The van der Waals surface area contributed by atoms with E-state index in [0.717, 1.165) is 19.6 Å². The second-order valence-electron chi connectivity index (χ2n) is 2.41. The molecule has 1 radical (unpaired) electrons. The fraction of sp³-hybridized carbons (Fsp3) is 0.857. The Bertz CT molecular complexity index is 53.4. The highest BCUT2D eigenvalue weighted by molar-refractivity contribution is 4.63. The summed E-state index contributed by atoms with van der Waals surface area (Å²) in [5, 5.41) is 0. The largest absolute Gasteiger partial charge is 0.381 e. The van der Waals surface area contributed by atoms with Gasteiger partial charge in [-0.15, -0.1) is 0 Å². The minimum absolute atomic E-state index is 0.650. The van der Waals surface area contributed by atoms with Gasteiger partial charge in [-0.1, -0.05) is 6.92 Å². The van der Waals surface area contributed by atoms with Gasteiger partial charge in [-0.25, -0.2) is 0 Å². The number of ether oxygens (including phenoxy) is 1. The zero-order chi connectivity index (χ0) is 5.82. The number of rotatable bonds is 0. The number of hydrogen-bond acceptors (Lipinski definition) is 1. The van der Waals surface area contributed by atoms with E-state index in [4.69, 9.17) is 4.74 Å². The molecule has 1 unspecified atom stereocenters. The van der Waals surface area contributed by atoms with E-state index >= 15 is 0 Å². The summed E-state index contributed by atoms with van der Waals surface area (Å²) in [6.45, 7) is 5.85. The highest BCUT2D eigenvalue weighted by Crippen LogP contribution is 2.12. The van der Waals surface area contributed by atoms with Gasteiger partial charge >= 0.3 is 0 Å². The fourth-order valence-electron chi connectivity index (χ4n) is 0.970.